The van der Waals surface area contributed by atoms with Gasteiger partial charge in [-0.25, -0.2) is 0 Å². The van der Waals surface area contributed by atoms with E-state index in [0.29, 0.717) is 6.04 Å². The summed E-state index contributed by atoms with van der Waals surface area (Å²) in [6.07, 6.45) is 1.17. The van der Waals surface area contributed by atoms with Crippen molar-refractivity contribution in [3.8, 4) is 0 Å². The van der Waals surface area contributed by atoms with Crippen molar-refractivity contribution in [2.24, 2.45) is 5.73 Å². The van der Waals surface area contributed by atoms with Crippen LogP contribution in [-0.2, 0) is 0 Å². The molecule has 0 amide bonds. The van der Waals surface area contributed by atoms with E-state index >= 15 is 0 Å². The number of likely N-dealkylation sites (N-methyl/N-ethyl adjacent to an activating group) is 1. The second-order valence-electron chi connectivity index (χ2n) is 5.08. The third kappa shape index (κ3) is 4.97. The van der Waals surface area contributed by atoms with Crippen LogP contribution in [0.1, 0.15) is 24.3 Å². The molecule has 2 N–H and O–H groups in total. The molecule has 104 valence electrons. The van der Waals surface area contributed by atoms with Crippen LogP contribution < -0.4 is 5.73 Å². The van der Waals surface area contributed by atoms with E-state index in [4.69, 9.17) is 5.73 Å². The van der Waals surface area contributed by atoms with Crippen LogP contribution in [0.4, 0.5) is 0 Å². The average molecular weight is 334 g/mol. The first-order valence-electron chi connectivity index (χ1n) is 6.27. The Labute approximate surface area is 123 Å². The highest BCUT2D eigenvalue weighted by molar-refractivity contribution is 9.11. The fraction of sp³-hybridized carbons (Fsp3) is 0.692. The molecule has 3 nitrogen and oxygen atoms in total. The van der Waals surface area contributed by atoms with Gasteiger partial charge in [0, 0.05) is 10.9 Å². The van der Waals surface area contributed by atoms with Crippen LogP contribution in [0.25, 0.3) is 0 Å². The summed E-state index contributed by atoms with van der Waals surface area (Å²) < 4.78 is 1.17. The number of nitrogens with zero attached hydrogens (tertiary/aromatic N) is 2. The van der Waals surface area contributed by atoms with Crippen molar-refractivity contribution in [1.82, 2.24) is 9.80 Å². The van der Waals surface area contributed by atoms with Gasteiger partial charge in [-0.1, -0.05) is 0 Å². The minimum Gasteiger partial charge on any atom is -0.326 e. The lowest BCUT2D eigenvalue weighted by Crippen LogP contribution is -2.37. The van der Waals surface area contributed by atoms with E-state index in [9.17, 15) is 0 Å². The summed E-state index contributed by atoms with van der Waals surface area (Å²) in [6, 6.07) is 4.72. The Morgan fingerprint density at radius 3 is 2.39 bits per heavy atom. The fourth-order valence-corrected chi connectivity index (χ4v) is 3.85. The van der Waals surface area contributed by atoms with Crippen molar-refractivity contribution in [2.75, 3.05) is 34.2 Å². The molecule has 0 saturated carbocycles. The van der Waals surface area contributed by atoms with Crippen LogP contribution in [0.15, 0.2) is 15.9 Å². The molecule has 0 bridgehead atoms. The third-order valence-electron chi connectivity index (χ3n) is 2.97. The van der Waals surface area contributed by atoms with Crippen molar-refractivity contribution >= 4 is 27.3 Å². The summed E-state index contributed by atoms with van der Waals surface area (Å²) >= 11 is 5.30. The minimum atomic E-state index is 0.139. The monoisotopic (exact) mass is 333 g/mol. The predicted molar refractivity (Wildman–Crippen MR) is 84.2 cm³/mol. The molecular weight excluding hydrogens is 310 g/mol. The Hall–Kier alpha value is 0.0600. The topological polar surface area (TPSA) is 32.5 Å². The number of nitrogens with two attached hydrogens (primary N) is 1. The smallest absolute Gasteiger partial charge is 0.0702 e. The van der Waals surface area contributed by atoms with E-state index in [2.05, 4.69) is 65.9 Å². The van der Waals surface area contributed by atoms with E-state index in [0.717, 1.165) is 13.1 Å². The lowest BCUT2D eigenvalue weighted by molar-refractivity contribution is 0.211. The Balaban J connectivity index is 2.61. The SMILES string of the molecule is CC(N)C(c1ccc(Br)s1)N(C)CCCN(C)C. The van der Waals surface area contributed by atoms with E-state index in [-0.39, 0.29) is 6.04 Å². The molecule has 18 heavy (non-hydrogen) atoms. The molecule has 2 atom stereocenters. The summed E-state index contributed by atoms with van der Waals surface area (Å²) in [4.78, 5) is 5.92. The zero-order valence-electron chi connectivity index (χ0n) is 11.7. The summed E-state index contributed by atoms with van der Waals surface area (Å²) in [5, 5.41) is 0. The van der Waals surface area contributed by atoms with Crippen molar-refractivity contribution in [2.45, 2.75) is 25.4 Å². The molecule has 0 aromatic carbocycles. The van der Waals surface area contributed by atoms with Crippen molar-refractivity contribution < 1.29 is 0 Å². The first kappa shape index (κ1) is 16.1. The summed E-state index contributed by atoms with van der Waals surface area (Å²) in [6.45, 7) is 4.27. The maximum atomic E-state index is 6.15. The number of hydrogen-bond donors (Lipinski definition) is 1. The molecule has 0 aliphatic rings. The van der Waals surface area contributed by atoms with Gasteiger partial charge in [0.2, 0.25) is 0 Å². The van der Waals surface area contributed by atoms with E-state index in [1.807, 2.05) is 0 Å². The Bertz CT molecular complexity index is 352. The standard InChI is InChI=1S/C13H24BrN3S/c1-10(15)13(11-6-7-12(14)18-11)17(4)9-5-8-16(2)3/h6-7,10,13H,5,8-9,15H2,1-4H3. The molecule has 2 unspecified atom stereocenters. The second kappa shape index (κ2) is 7.60. The highest BCUT2D eigenvalue weighted by Gasteiger charge is 2.22. The van der Waals surface area contributed by atoms with E-state index < -0.39 is 0 Å². The van der Waals surface area contributed by atoms with Crippen LogP contribution in [0.5, 0.6) is 0 Å². The zero-order valence-corrected chi connectivity index (χ0v) is 14.1. The van der Waals surface area contributed by atoms with E-state index in [1.165, 1.54) is 15.1 Å². The van der Waals surface area contributed by atoms with Crippen LogP contribution >= 0.6 is 27.3 Å². The van der Waals surface area contributed by atoms with Crippen molar-refractivity contribution in [1.29, 1.82) is 0 Å². The van der Waals surface area contributed by atoms with Crippen LogP contribution in [0, 0.1) is 0 Å². The van der Waals surface area contributed by atoms with Gasteiger partial charge >= 0.3 is 0 Å². The number of thiophene rings is 1. The van der Waals surface area contributed by atoms with Gasteiger partial charge < -0.3 is 10.6 Å². The Morgan fingerprint density at radius 2 is 1.94 bits per heavy atom. The molecule has 1 heterocycles. The minimum absolute atomic E-state index is 0.139. The molecule has 0 spiro atoms. The highest BCUT2D eigenvalue weighted by Crippen LogP contribution is 2.31. The Morgan fingerprint density at radius 1 is 1.28 bits per heavy atom. The first-order chi connectivity index (χ1) is 8.41. The molecule has 1 aromatic heterocycles. The maximum absolute atomic E-state index is 6.15. The summed E-state index contributed by atoms with van der Waals surface area (Å²) in [5.74, 6) is 0. The predicted octanol–water partition coefficient (Wildman–Crippen LogP) is 2.78. The van der Waals surface area contributed by atoms with Gasteiger partial charge in [-0.05, 0) is 75.6 Å². The average Bonchev–Trinajstić information content (AvgIpc) is 2.63. The molecule has 0 aliphatic carbocycles. The normalized spacial score (nSPS) is 15.3. The number of halogens is 1. The molecule has 0 radical (unpaired) electrons. The molecule has 0 fully saturated rings. The van der Waals surface area contributed by atoms with Gasteiger partial charge in [0.05, 0.1) is 9.83 Å². The van der Waals surface area contributed by atoms with Gasteiger partial charge in [0.15, 0.2) is 0 Å². The van der Waals surface area contributed by atoms with Crippen molar-refractivity contribution in [3.63, 3.8) is 0 Å². The maximum Gasteiger partial charge on any atom is 0.0702 e. The van der Waals surface area contributed by atoms with Gasteiger partial charge in [0.25, 0.3) is 0 Å². The Kier molecular flexibility index (Phi) is 6.81. The second-order valence-corrected chi connectivity index (χ2v) is 7.58. The highest BCUT2D eigenvalue weighted by atomic mass is 79.9. The van der Waals surface area contributed by atoms with Gasteiger partial charge in [-0.3, -0.25) is 4.90 Å². The third-order valence-corrected chi connectivity index (χ3v) is 4.67. The largest absolute Gasteiger partial charge is 0.326 e. The molecule has 5 heteroatoms. The van der Waals surface area contributed by atoms with Crippen molar-refractivity contribution in [3.05, 3.63) is 20.8 Å². The molecule has 0 aliphatic heterocycles. The lowest BCUT2D eigenvalue weighted by Gasteiger charge is -2.30. The van der Waals surface area contributed by atoms with Crippen LogP contribution in [-0.4, -0.2) is 50.1 Å². The molecule has 1 aromatic rings. The fourth-order valence-electron chi connectivity index (χ4n) is 2.14. The first-order valence-corrected chi connectivity index (χ1v) is 7.88. The molecule has 1 rings (SSSR count). The lowest BCUT2D eigenvalue weighted by atomic mass is 10.1. The van der Waals surface area contributed by atoms with Gasteiger partial charge in [0.1, 0.15) is 0 Å². The molecular formula is C13H24BrN3S. The van der Waals surface area contributed by atoms with Crippen LogP contribution in [0.3, 0.4) is 0 Å². The van der Waals surface area contributed by atoms with Crippen LogP contribution in [0.2, 0.25) is 0 Å². The summed E-state index contributed by atoms with van der Waals surface area (Å²) in [5.41, 5.74) is 6.15. The number of rotatable bonds is 7. The van der Waals surface area contributed by atoms with Gasteiger partial charge in [-0.2, -0.15) is 0 Å². The van der Waals surface area contributed by atoms with Gasteiger partial charge in [-0.15, -0.1) is 11.3 Å². The quantitative estimate of drug-likeness (QED) is 0.832. The number of hydrogen-bond acceptors (Lipinski definition) is 4. The van der Waals surface area contributed by atoms with E-state index in [1.54, 1.807) is 11.3 Å². The summed E-state index contributed by atoms with van der Waals surface area (Å²) in [7, 11) is 6.39. The zero-order chi connectivity index (χ0) is 13.7. The molecule has 0 saturated heterocycles.